The lowest BCUT2D eigenvalue weighted by Gasteiger charge is -1.99. The average Bonchev–Trinajstić information content (AvgIpc) is 2.78. The maximum atomic E-state index is 11.0. The topological polar surface area (TPSA) is 143 Å². The molecule has 0 fully saturated rings. The van der Waals surface area contributed by atoms with Crippen molar-refractivity contribution >= 4 is 29.5 Å². The minimum atomic E-state index is -0.792. The molecule has 0 unspecified atom stereocenters. The number of rotatable bonds is 4. The molecular weight excluding hydrogens is 412 g/mol. The van der Waals surface area contributed by atoms with Crippen molar-refractivity contribution in [1.29, 1.82) is 0 Å². The van der Waals surface area contributed by atoms with Crippen LogP contribution >= 0.6 is 0 Å². The van der Waals surface area contributed by atoms with E-state index in [4.69, 9.17) is 0 Å². The van der Waals surface area contributed by atoms with E-state index in [2.05, 4.69) is 18.6 Å². The Kier molecular flexibility index (Phi) is 12.1. The summed E-state index contributed by atoms with van der Waals surface area (Å²) in [6, 6.07) is 8.86. The average molecular weight is 434 g/mol. The summed E-state index contributed by atoms with van der Waals surface area (Å²) < 4.78 is 17.3. The summed E-state index contributed by atoms with van der Waals surface area (Å²) in [5, 5.41) is 0. The molecule has 166 valence electrons. The van der Waals surface area contributed by atoms with Crippen LogP contribution < -0.4 is 5.63 Å². The van der Waals surface area contributed by atoms with Crippen molar-refractivity contribution in [3.8, 4) is 0 Å². The van der Waals surface area contributed by atoms with Crippen molar-refractivity contribution in [2.45, 2.75) is 13.8 Å². The summed E-state index contributed by atoms with van der Waals surface area (Å²) in [5.41, 5.74) is 0.782. The summed E-state index contributed by atoms with van der Waals surface area (Å²) in [7, 11) is 3.75. The van der Waals surface area contributed by atoms with Crippen LogP contribution in [0.1, 0.15) is 44.9 Å². The number of Topliss-reactive ketones (excluding diaryl/α,β-unsaturated/α-hetero) is 2. The van der Waals surface area contributed by atoms with E-state index in [1.807, 2.05) is 0 Å². The van der Waals surface area contributed by atoms with Gasteiger partial charge in [-0.3, -0.25) is 9.59 Å². The maximum Gasteiger partial charge on any atom is 0.374 e. The molecule has 0 aliphatic carbocycles. The Morgan fingerprint density at radius 2 is 1.13 bits per heavy atom. The highest BCUT2D eigenvalue weighted by atomic mass is 16.5. The largest absolute Gasteiger partial charge is 0.465 e. The van der Waals surface area contributed by atoms with Crippen molar-refractivity contribution in [1.82, 2.24) is 0 Å². The lowest BCUT2D eigenvalue weighted by atomic mass is 10.1. The number of hydrogen-bond acceptors (Lipinski definition) is 10. The number of hydrogen-bond donors (Lipinski definition) is 0. The van der Waals surface area contributed by atoms with Gasteiger partial charge in [-0.05, 0) is 25.1 Å². The highest BCUT2D eigenvalue weighted by Gasteiger charge is 2.06. The van der Waals surface area contributed by atoms with Gasteiger partial charge in [0.1, 0.15) is 6.26 Å². The molecule has 10 nitrogen and oxygen atoms in total. The Morgan fingerprint density at radius 1 is 0.677 bits per heavy atom. The molecule has 0 spiro atoms. The highest BCUT2D eigenvalue weighted by Crippen LogP contribution is 2.05. The van der Waals surface area contributed by atoms with Crippen LogP contribution in [0, 0.1) is 0 Å². The van der Waals surface area contributed by atoms with Gasteiger partial charge in [-0.25, -0.2) is 19.2 Å². The van der Waals surface area contributed by atoms with Crippen LogP contribution in [0.25, 0.3) is 0 Å². The van der Waals surface area contributed by atoms with Crippen LogP contribution in [0.3, 0.4) is 0 Å². The molecule has 0 radical (unpaired) electrons. The Labute approximate surface area is 177 Å². The number of esters is 3. The van der Waals surface area contributed by atoms with E-state index < -0.39 is 29.3 Å². The van der Waals surface area contributed by atoms with Crippen LogP contribution in [-0.2, 0) is 23.8 Å². The van der Waals surface area contributed by atoms with E-state index in [0.717, 1.165) is 19.3 Å². The molecule has 0 aliphatic heterocycles. The van der Waals surface area contributed by atoms with Crippen molar-refractivity contribution < 1.29 is 42.6 Å². The molecule has 0 aliphatic rings. The second-order valence-corrected chi connectivity index (χ2v) is 5.51. The number of methoxy groups -OCH3 is 3. The summed E-state index contributed by atoms with van der Waals surface area (Å²) in [6.07, 6.45) is 1.06. The van der Waals surface area contributed by atoms with Gasteiger partial charge in [-0.1, -0.05) is 12.1 Å². The quantitative estimate of drug-likeness (QED) is 0.303. The zero-order valence-electron chi connectivity index (χ0n) is 17.6. The second-order valence-electron chi connectivity index (χ2n) is 5.51. The molecule has 2 rings (SSSR count). The first-order valence-electron chi connectivity index (χ1n) is 8.52. The maximum absolute atomic E-state index is 11.0. The molecule has 2 aromatic rings. The number of carbonyl (C=O) groups is 5. The van der Waals surface area contributed by atoms with Crippen molar-refractivity contribution in [3.05, 3.63) is 69.8 Å². The first-order chi connectivity index (χ1) is 14.6. The fraction of sp³-hybridized carbons (Fsp3) is 0.238. The van der Waals surface area contributed by atoms with E-state index in [1.54, 1.807) is 24.3 Å². The Hall–Kier alpha value is -4.08. The van der Waals surface area contributed by atoms with Crippen LogP contribution in [0.5, 0.6) is 0 Å². The SMILES string of the molecule is COC(=O)C(C)=O.COC(=O)c1ccc(=O)oc1.COC(=O)c1ccc(C(C)=O)cc1. The molecule has 0 saturated carbocycles. The van der Waals surface area contributed by atoms with Crippen molar-refractivity contribution in [2.75, 3.05) is 21.3 Å². The molecule has 1 aromatic carbocycles. The van der Waals surface area contributed by atoms with Gasteiger partial charge in [0.2, 0.25) is 5.78 Å². The van der Waals surface area contributed by atoms with Crippen LogP contribution in [0.15, 0.2) is 51.9 Å². The first kappa shape index (κ1) is 26.9. The van der Waals surface area contributed by atoms with Crippen LogP contribution in [0.4, 0.5) is 0 Å². The van der Waals surface area contributed by atoms with Crippen molar-refractivity contribution in [2.24, 2.45) is 0 Å². The molecule has 10 heteroatoms. The number of carbonyl (C=O) groups excluding carboxylic acids is 5. The van der Waals surface area contributed by atoms with E-state index in [0.29, 0.717) is 11.1 Å². The first-order valence-corrected chi connectivity index (χ1v) is 8.52. The smallest absolute Gasteiger partial charge is 0.374 e. The predicted molar refractivity (Wildman–Crippen MR) is 107 cm³/mol. The lowest BCUT2D eigenvalue weighted by Crippen LogP contribution is -2.10. The normalized spacial score (nSPS) is 8.94. The highest BCUT2D eigenvalue weighted by molar-refractivity contribution is 6.32. The zero-order valence-corrected chi connectivity index (χ0v) is 17.6. The van der Waals surface area contributed by atoms with Gasteiger partial charge < -0.3 is 18.6 Å². The molecule has 0 bridgehead atoms. The molecule has 0 atom stereocenters. The minimum absolute atomic E-state index is 0.0172. The Balaban J connectivity index is 0.000000457. The van der Waals surface area contributed by atoms with E-state index in [-0.39, 0.29) is 11.3 Å². The predicted octanol–water partition coefficient (Wildman–Crippen LogP) is 1.85. The van der Waals surface area contributed by atoms with Gasteiger partial charge in [-0.2, -0.15) is 0 Å². The standard InChI is InChI=1S/C10H10O3.C7H6O4.C4H6O3/c1-7(11)8-3-5-9(6-4-8)10(12)13-2;1-10-7(9)5-2-3-6(8)11-4-5;1-3(5)4(6)7-2/h3-6H,1-2H3;2-4H,1H3;1-2H3. The van der Waals surface area contributed by atoms with E-state index in [9.17, 15) is 28.8 Å². The summed E-state index contributed by atoms with van der Waals surface area (Å²) in [5.74, 6) is -2.29. The third-order valence-electron chi connectivity index (χ3n) is 3.31. The summed E-state index contributed by atoms with van der Waals surface area (Å²) in [6.45, 7) is 2.64. The van der Waals surface area contributed by atoms with Gasteiger partial charge in [0, 0.05) is 18.6 Å². The molecule has 1 heterocycles. The van der Waals surface area contributed by atoms with E-state index in [1.165, 1.54) is 34.3 Å². The fourth-order valence-electron chi connectivity index (χ4n) is 1.69. The van der Waals surface area contributed by atoms with Gasteiger partial charge in [-0.15, -0.1) is 0 Å². The van der Waals surface area contributed by atoms with Gasteiger partial charge in [0.05, 0.1) is 32.5 Å². The Morgan fingerprint density at radius 3 is 1.45 bits per heavy atom. The van der Waals surface area contributed by atoms with Gasteiger partial charge in [0.15, 0.2) is 5.78 Å². The third kappa shape index (κ3) is 10.3. The lowest BCUT2D eigenvalue weighted by molar-refractivity contribution is -0.150. The third-order valence-corrected chi connectivity index (χ3v) is 3.31. The van der Waals surface area contributed by atoms with Crippen LogP contribution in [-0.4, -0.2) is 50.8 Å². The second kappa shape index (κ2) is 14.0. The molecule has 0 N–H and O–H groups in total. The van der Waals surface area contributed by atoms with E-state index >= 15 is 0 Å². The monoisotopic (exact) mass is 434 g/mol. The molecule has 0 amide bonds. The number of ether oxygens (including phenoxy) is 3. The summed E-state index contributed by atoms with van der Waals surface area (Å²) >= 11 is 0. The Bertz CT molecular complexity index is 950. The molecule has 1 aromatic heterocycles. The van der Waals surface area contributed by atoms with Gasteiger partial charge in [0.25, 0.3) is 0 Å². The molecule has 0 saturated heterocycles. The zero-order chi connectivity index (χ0) is 24.0. The minimum Gasteiger partial charge on any atom is -0.465 e. The van der Waals surface area contributed by atoms with Gasteiger partial charge >= 0.3 is 23.5 Å². The van der Waals surface area contributed by atoms with Crippen LogP contribution in [0.2, 0.25) is 0 Å². The number of benzene rings is 1. The summed E-state index contributed by atoms with van der Waals surface area (Å²) in [4.78, 5) is 62.9. The molecule has 31 heavy (non-hydrogen) atoms. The number of ketones is 2. The van der Waals surface area contributed by atoms with Crippen molar-refractivity contribution in [3.63, 3.8) is 0 Å². The molecular formula is C21H22O10. The fourth-order valence-corrected chi connectivity index (χ4v) is 1.69.